The molecule has 0 rings (SSSR count). The van der Waals surface area contributed by atoms with Crippen molar-refractivity contribution >= 4 is 6.16 Å². The monoisotopic (exact) mass is 559 g/mol. The van der Waals surface area contributed by atoms with Crippen molar-refractivity contribution < 1.29 is 14.3 Å². The Morgan fingerprint density at radius 3 is 1.05 bits per heavy atom. The van der Waals surface area contributed by atoms with Crippen LogP contribution >= 0.6 is 0 Å². The lowest BCUT2D eigenvalue weighted by molar-refractivity contribution is 0.0529. The molecule has 232 valence electrons. The Bertz CT molecular complexity index is 565. The van der Waals surface area contributed by atoms with Crippen molar-refractivity contribution in [3.63, 3.8) is 0 Å². The minimum atomic E-state index is -0.495. The Balaban J connectivity index is 3.28. The molecule has 0 saturated carbocycles. The van der Waals surface area contributed by atoms with Crippen LogP contribution in [0.4, 0.5) is 4.79 Å². The molecule has 0 saturated heterocycles. The standard InChI is InChI=1S/C37H66O3/c1-3-5-7-9-11-13-15-17-19-21-23-25-27-29-31-33-35-39-37(38)40-36-34-32-30-28-26-24-22-20-18-16-14-12-10-8-6-4-2/h11-14,17-20H,3-10,15-16,21-36H2,1-2H3. The minimum absolute atomic E-state index is 0.483. The normalized spacial score (nSPS) is 12.1. The molecule has 0 N–H and O–H groups in total. The molecule has 0 unspecified atom stereocenters. The first-order valence-electron chi connectivity index (χ1n) is 17.2. The predicted octanol–water partition coefficient (Wildman–Crippen LogP) is 12.8. The third-order valence-electron chi connectivity index (χ3n) is 7.13. The van der Waals surface area contributed by atoms with E-state index in [9.17, 15) is 4.79 Å². The summed E-state index contributed by atoms with van der Waals surface area (Å²) in [6.45, 7) is 5.47. The molecule has 0 aromatic rings. The van der Waals surface area contributed by atoms with Crippen LogP contribution in [0.5, 0.6) is 0 Å². The third kappa shape index (κ3) is 34.3. The number of carbonyl (C=O) groups is 1. The molecule has 0 amide bonds. The van der Waals surface area contributed by atoms with Gasteiger partial charge >= 0.3 is 6.16 Å². The highest BCUT2D eigenvalue weighted by Gasteiger charge is 2.03. The highest BCUT2D eigenvalue weighted by Crippen LogP contribution is 2.10. The molecule has 40 heavy (non-hydrogen) atoms. The average molecular weight is 559 g/mol. The minimum Gasteiger partial charge on any atom is -0.434 e. The zero-order valence-electron chi connectivity index (χ0n) is 26.7. The van der Waals surface area contributed by atoms with Gasteiger partial charge in [-0.1, -0.05) is 140 Å². The lowest BCUT2D eigenvalue weighted by Gasteiger charge is -2.06. The van der Waals surface area contributed by atoms with Gasteiger partial charge in [0.25, 0.3) is 0 Å². The molecule has 0 radical (unpaired) electrons. The van der Waals surface area contributed by atoms with E-state index in [0.29, 0.717) is 13.2 Å². The number of ether oxygens (including phenoxy) is 2. The number of allylic oxidation sites excluding steroid dienone is 8. The molecule has 0 atom stereocenters. The van der Waals surface area contributed by atoms with Gasteiger partial charge in [-0.25, -0.2) is 4.79 Å². The van der Waals surface area contributed by atoms with Gasteiger partial charge in [0.05, 0.1) is 13.2 Å². The molecule has 0 aromatic carbocycles. The second kappa shape index (κ2) is 35.3. The quantitative estimate of drug-likeness (QED) is 0.0499. The molecule has 3 nitrogen and oxygen atoms in total. The molecule has 3 heteroatoms. The van der Waals surface area contributed by atoms with Gasteiger partial charge in [0, 0.05) is 0 Å². The summed E-state index contributed by atoms with van der Waals surface area (Å²) in [5.41, 5.74) is 0. The van der Waals surface area contributed by atoms with E-state index in [0.717, 1.165) is 38.5 Å². The summed E-state index contributed by atoms with van der Waals surface area (Å²) in [6, 6.07) is 0. The van der Waals surface area contributed by atoms with E-state index in [1.807, 2.05) is 0 Å². The first-order valence-corrected chi connectivity index (χ1v) is 17.2. The van der Waals surface area contributed by atoms with Crippen LogP contribution in [-0.2, 0) is 9.47 Å². The van der Waals surface area contributed by atoms with Gasteiger partial charge in [-0.05, 0) is 77.0 Å². The summed E-state index contributed by atoms with van der Waals surface area (Å²) < 4.78 is 10.4. The maximum atomic E-state index is 11.7. The number of carbonyl (C=O) groups excluding carboxylic acids is 1. The summed E-state index contributed by atoms with van der Waals surface area (Å²) in [5.74, 6) is 0. The van der Waals surface area contributed by atoms with E-state index >= 15 is 0 Å². The topological polar surface area (TPSA) is 35.5 Å². The predicted molar refractivity (Wildman–Crippen MR) is 176 cm³/mol. The Morgan fingerprint density at radius 1 is 0.400 bits per heavy atom. The summed E-state index contributed by atoms with van der Waals surface area (Å²) in [4.78, 5) is 11.7. The van der Waals surface area contributed by atoms with Gasteiger partial charge in [0.2, 0.25) is 0 Å². The summed E-state index contributed by atoms with van der Waals surface area (Å²) in [6.07, 6.45) is 47.1. The van der Waals surface area contributed by atoms with Gasteiger partial charge in [-0.3, -0.25) is 0 Å². The van der Waals surface area contributed by atoms with Crippen LogP contribution in [0, 0.1) is 0 Å². The van der Waals surface area contributed by atoms with Gasteiger partial charge in [-0.15, -0.1) is 0 Å². The maximum absolute atomic E-state index is 11.7. The van der Waals surface area contributed by atoms with E-state index in [-0.39, 0.29) is 0 Å². The van der Waals surface area contributed by atoms with E-state index in [4.69, 9.17) is 9.47 Å². The molecule has 0 fully saturated rings. The molecule has 0 bridgehead atoms. The Hall–Kier alpha value is -1.77. The van der Waals surface area contributed by atoms with Crippen molar-refractivity contribution in [3.05, 3.63) is 48.6 Å². The molecule has 0 aliphatic heterocycles. The fourth-order valence-corrected chi connectivity index (χ4v) is 4.53. The Morgan fingerprint density at radius 2 is 0.700 bits per heavy atom. The molecule has 0 aliphatic carbocycles. The number of hydrogen-bond acceptors (Lipinski definition) is 3. The smallest absolute Gasteiger partial charge is 0.434 e. The number of rotatable bonds is 30. The van der Waals surface area contributed by atoms with Crippen molar-refractivity contribution in [1.29, 1.82) is 0 Å². The molecule has 0 aliphatic rings. The largest absolute Gasteiger partial charge is 0.508 e. The SMILES string of the molecule is CCCCCC=CCC=CCCCCCCCCOC(=O)OCCCCCCCCC=CCC=CCCCCC. The zero-order valence-corrected chi connectivity index (χ0v) is 26.7. The lowest BCUT2D eigenvalue weighted by Crippen LogP contribution is -2.09. The second-order valence-electron chi connectivity index (χ2n) is 11.1. The summed E-state index contributed by atoms with van der Waals surface area (Å²) >= 11 is 0. The molecule has 0 heterocycles. The summed E-state index contributed by atoms with van der Waals surface area (Å²) in [5, 5.41) is 0. The van der Waals surface area contributed by atoms with Crippen LogP contribution in [0.2, 0.25) is 0 Å². The van der Waals surface area contributed by atoms with Crippen LogP contribution in [-0.4, -0.2) is 19.4 Å². The highest BCUT2D eigenvalue weighted by atomic mass is 16.7. The van der Waals surface area contributed by atoms with E-state index in [1.165, 1.54) is 116 Å². The van der Waals surface area contributed by atoms with E-state index < -0.39 is 6.16 Å². The van der Waals surface area contributed by atoms with Crippen molar-refractivity contribution in [2.75, 3.05) is 13.2 Å². The zero-order chi connectivity index (χ0) is 29.0. The molecular formula is C37H66O3. The Kier molecular flexibility index (Phi) is 33.7. The molecular weight excluding hydrogens is 492 g/mol. The lowest BCUT2D eigenvalue weighted by atomic mass is 10.1. The van der Waals surface area contributed by atoms with Crippen LogP contribution in [0.1, 0.15) is 168 Å². The van der Waals surface area contributed by atoms with Crippen molar-refractivity contribution in [1.82, 2.24) is 0 Å². The third-order valence-corrected chi connectivity index (χ3v) is 7.13. The summed E-state index contributed by atoms with van der Waals surface area (Å²) in [7, 11) is 0. The highest BCUT2D eigenvalue weighted by molar-refractivity contribution is 5.59. The van der Waals surface area contributed by atoms with Gasteiger partial charge in [0.15, 0.2) is 0 Å². The van der Waals surface area contributed by atoms with Crippen LogP contribution in [0.15, 0.2) is 48.6 Å². The van der Waals surface area contributed by atoms with Crippen LogP contribution in [0.3, 0.4) is 0 Å². The van der Waals surface area contributed by atoms with Gasteiger partial charge in [0.1, 0.15) is 0 Å². The van der Waals surface area contributed by atoms with Crippen LogP contribution in [0.25, 0.3) is 0 Å². The molecule has 0 aromatic heterocycles. The van der Waals surface area contributed by atoms with E-state index in [1.54, 1.807) is 0 Å². The van der Waals surface area contributed by atoms with Crippen molar-refractivity contribution in [2.24, 2.45) is 0 Å². The first kappa shape index (κ1) is 38.2. The fraction of sp³-hybridized carbons (Fsp3) is 0.757. The van der Waals surface area contributed by atoms with Crippen LogP contribution < -0.4 is 0 Å². The average Bonchev–Trinajstić information content (AvgIpc) is 2.96. The van der Waals surface area contributed by atoms with Gasteiger partial charge in [-0.2, -0.15) is 0 Å². The van der Waals surface area contributed by atoms with E-state index in [2.05, 4.69) is 62.5 Å². The first-order chi connectivity index (χ1) is 19.8. The second-order valence-corrected chi connectivity index (χ2v) is 11.1. The fourth-order valence-electron chi connectivity index (χ4n) is 4.53. The number of unbranched alkanes of at least 4 members (excludes halogenated alkanes) is 18. The van der Waals surface area contributed by atoms with Gasteiger partial charge < -0.3 is 9.47 Å². The van der Waals surface area contributed by atoms with Crippen molar-refractivity contribution in [3.8, 4) is 0 Å². The number of hydrogen-bond donors (Lipinski definition) is 0. The molecule has 0 spiro atoms. The maximum Gasteiger partial charge on any atom is 0.508 e. The van der Waals surface area contributed by atoms with Crippen molar-refractivity contribution in [2.45, 2.75) is 168 Å². The Labute approximate surface area is 250 Å².